The first-order valence-electron chi connectivity index (χ1n) is 10.3. The second kappa shape index (κ2) is 9.70. The molecule has 4 rings (SSSR count). The van der Waals surface area contributed by atoms with Crippen LogP contribution in [0.1, 0.15) is 33.6 Å². The van der Waals surface area contributed by atoms with E-state index in [1.54, 1.807) is 48.5 Å². The van der Waals surface area contributed by atoms with Crippen molar-refractivity contribution in [1.29, 1.82) is 0 Å². The summed E-state index contributed by atoms with van der Waals surface area (Å²) in [4.78, 5) is 37.4. The summed E-state index contributed by atoms with van der Waals surface area (Å²) >= 11 is 5.82. The molecule has 8 nitrogen and oxygen atoms in total. The summed E-state index contributed by atoms with van der Waals surface area (Å²) in [5, 5.41) is 14.2. The number of benzene rings is 3. The largest absolute Gasteiger partial charge is 0.450 e. The van der Waals surface area contributed by atoms with Crippen LogP contribution in [0.2, 0.25) is 5.02 Å². The molecule has 1 aliphatic heterocycles. The standard InChI is InChI=1S/C24H20ClN3O5/c25-18-7-12-22(21(15-18)28(31)32)33-20-10-5-16(6-11-20)23(29)26-19-8-3-17(4-9-19)24(30)27-13-1-2-14-27/h3-12,15H,1-2,13-14H2,(H,26,29). The van der Waals surface area contributed by atoms with Gasteiger partial charge in [0.05, 0.1) is 4.92 Å². The van der Waals surface area contributed by atoms with Crippen LogP contribution in [0.4, 0.5) is 11.4 Å². The molecule has 2 amide bonds. The molecule has 0 spiro atoms. The van der Waals surface area contributed by atoms with Gasteiger partial charge in [0, 0.05) is 41.0 Å². The van der Waals surface area contributed by atoms with Crippen LogP contribution in [0.25, 0.3) is 0 Å². The Balaban J connectivity index is 1.39. The van der Waals surface area contributed by atoms with E-state index in [-0.39, 0.29) is 28.3 Å². The molecule has 0 unspecified atom stereocenters. The Morgan fingerprint density at radius 1 is 0.939 bits per heavy atom. The second-order valence-electron chi connectivity index (χ2n) is 7.53. The average molecular weight is 466 g/mol. The summed E-state index contributed by atoms with van der Waals surface area (Å²) in [6.07, 6.45) is 2.06. The summed E-state index contributed by atoms with van der Waals surface area (Å²) in [5.41, 5.74) is 1.28. The summed E-state index contributed by atoms with van der Waals surface area (Å²) in [6.45, 7) is 1.56. The number of hydrogen-bond acceptors (Lipinski definition) is 5. The van der Waals surface area contributed by atoms with Gasteiger partial charge in [0.2, 0.25) is 5.75 Å². The Bertz CT molecular complexity index is 1190. The summed E-state index contributed by atoms with van der Waals surface area (Å²) < 4.78 is 5.59. The van der Waals surface area contributed by atoms with Crippen LogP contribution in [0.5, 0.6) is 11.5 Å². The van der Waals surface area contributed by atoms with Gasteiger partial charge < -0.3 is 15.0 Å². The van der Waals surface area contributed by atoms with E-state index in [0.717, 1.165) is 25.9 Å². The van der Waals surface area contributed by atoms with Gasteiger partial charge in [-0.1, -0.05) is 11.6 Å². The maximum atomic E-state index is 12.6. The van der Waals surface area contributed by atoms with Gasteiger partial charge in [0.15, 0.2) is 0 Å². The molecule has 9 heteroatoms. The predicted octanol–water partition coefficient (Wildman–Crippen LogP) is 5.53. The van der Waals surface area contributed by atoms with Gasteiger partial charge in [-0.25, -0.2) is 0 Å². The quantitative estimate of drug-likeness (QED) is 0.381. The van der Waals surface area contributed by atoms with Crippen molar-refractivity contribution in [3.05, 3.63) is 93.0 Å². The monoisotopic (exact) mass is 465 g/mol. The molecule has 0 atom stereocenters. The molecule has 1 fully saturated rings. The van der Waals surface area contributed by atoms with Crippen LogP contribution in [-0.4, -0.2) is 34.7 Å². The van der Waals surface area contributed by atoms with Crippen LogP contribution in [0, 0.1) is 10.1 Å². The fraction of sp³-hybridized carbons (Fsp3) is 0.167. The number of amides is 2. The Labute approximate surface area is 194 Å². The molecular weight excluding hydrogens is 446 g/mol. The number of hydrogen-bond donors (Lipinski definition) is 1. The highest BCUT2D eigenvalue weighted by molar-refractivity contribution is 6.30. The third-order valence-corrected chi connectivity index (χ3v) is 5.48. The Morgan fingerprint density at radius 2 is 1.58 bits per heavy atom. The average Bonchev–Trinajstić information content (AvgIpc) is 3.35. The van der Waals surface area contributed by atoms with Crippen molar-refractivity contribution in [2.45, 2.75) is 12.8 Å². The fourth-order valence-corrected chi connectivity index (χ4v) is 3.69. The predicted molar refractivity (Wildman–Crippen MR) is 124 cm³/mol. The highest BCUT2D eigenvalue weighted by Gasteiger charge is 2.19. The van der Waals surface area contributed by atoms with Crippen molar-refractivity contribution >= 4 is 34.8 Å². The van der Waals surface area contributed by atoms with Gasteiger partial charge in [-0.05, 0) is 73.5 Å². The summed E-state index contributed by atoms with van der Waals surface area (Å²) in [5.74, 6) is 0.0476. The van der Waals surface area contributed by atoms with Crippen LogP contribution >= 0.6 is 11.6 Å². The molecule has 1 aliphatic rings. The zero-order valence-electron chi connectivity index (χ0n) is 17.5. The lowest BCUT2D eigenvalue weighted by Gasteiger charge is -2.15. The SMILES string of the molecule is O=C(Nc1ccc(C(=O)N2CCCC2)cc1)c1ccc(Oc2ccc(Cl)cc2[N+](=O)[O-])cc1. The Morgan fingerprint density at radius 3 is 2.21 bits per heavy atom. The number of nitro groups is 1. The molecule has 3 aromatic rings. The van der Waals surface area contributed by atoms with Crippen molar-refractivity contribution in [1.82, 2.24) is 4.90 Å². The highest BCUT2D eigenvalue weighted by Crippen LogP contribution is 2.33. The van der Waals surface area contributed by atoms with E-state index in [1.165, 1.54) is 18.2 Å². The number of nitrogens with zero attached hydrogens (tertiary/aromatic N) is 2. The van der Waals surface area contributed by atoms with E-state index in [0.29, 0.717) is 22.6 Å². The fourth-order valence-electron chi connectivity index (χ4n) is 3.52. The third kappa shape index (κ3) is 5.30. The zero-order valence-corrected chi connectivity index (χ0v) is 18.2. The van der Waals surface area contributed by atoms with Crippen LogP contribution < -0.4 is 10.1 Å². The number of anilines is 1. The van der Waals surface area contributed by atoms with Crippen LogP contribution in [0.3, 0.4) is 0 Å². The molecule has 33 heavy (non-hydrogen) atoms. The van der Waals surface area contributed by atoms with Crippen molar-refractivity contribution in [3.63, 3.8) is 0 Å². The first-order valence-corrected chi connectivity index (χ1v) is 10.7. The molecule has 168 valence electrons. The lowest BCUT2D eigenvalue weighted by atomic mass is 10.1. The molecule has 0 saturated carbocycles. The molecule has 0 aromatic heterocycles. The summed E-state index contributed by atoms with van der Waals surface area (Å²) in [7, 11) is 0. The second-order valence-corrected chi connectivity index (χ2v) is 7.96. The highest BCUT2D eigenvalue weighted by atomic mass is 35.5. The van der Waals surface area contributed by atoms with Crippen LogP contribution in [-0.2, 0) is 0 Å². The number of rotatable bonds is 6. The topological polar surface area (TPSA) is 102 Å². The van der Waals surface area contributed by atoms with Crippen molar-refractivity contribution in [2.24, 2.45) is 0 Å². The van der Waals surface area contributed by atoms with Crippen molar-refractivity contribution in [2.75, 3.05) is 18.4 Å². The van der Waals surface area contributed by atoms with E-state index in [4.69, 9.17) is 16.3 Å². The lowest BCUT2D eigenvalue weighted by Crippen LogP contribution is -2.27. The number of nitro benzene ring substituents is 1. The first-order chi connectivity index (χ1) is 15.9. The maximum Gasteiger partial charge on any atom is 0.313 e. The normalized spacial score (nSPS) is 12.9. The number of carbonyl (C=O) groups excluding carboxylic acids is 2. The Hall–Kier alpha value is -3.91. The van der Waals surface area contributed by atoms with E-state index < -0.39 is 4.92 Å². The van der Waals surface area contributed by atoms with Crippen LogP contribution in [0.15, 0.2) is 66.7 Å². The van der Waals surface area contributed by atoms with Gasteiger partial charge in [0.1, 0.15) is 5.75 Å². The van der Waals surface area contributed by atoms with E-state index >= 15 is 0 Å². The van der Waals surface area contributed by atoms with Crippen molar-refractivity contribution in [3.8, 4) is 11.5 Å². The van der Waals surface area contributed by atoms with Gasteiger partial charge in [-0.2, -0.15) is 0 Å². The number of carbonyl (C=O) groups is 2. The molecule has 0 bridgehead atoms. The number of likely N-dealkylation sites (tertiary alicyclic amines) is 1. The van der Waals surface area contributed by atoms with E-state index in [2.05, 4.69) is 5.32 Å². The van der Waals surface area contributed by atoms with Gasteiger partial charge >= 0.3 is 5.69 Å². The number of halogens is 1. The third-order valence-electron chi connectivity index (χ3n) is 5.24. The minimum Gasteiger partial charge on any atom is -0.450 e. The lowest BCUT2D eigenvalue weighted by molar-refractivity contribution is -0.385. The van der Waals surface area contributed by atoms with Crippen molar-refractivity contribution < 1.29 is 19.2 Å². The molecule has 1 saturated heterocycles. The van der Waals surface area contributed by atoms with Gasteiger partial charge in [-0.15, -0.1) is 0 Å². The molecular formula is C24H20ClN3O5. The number of nitrogens with one attached hydrogen (secondary N) is 1. The van der Waals surface area contributed by atoms with E-state index in [1.807, 2.05) is 4.90 Å². The first kappa shape index (κ1) is 22.3. The number of ether oxygens (including phenoxy) is 1. The molecule has 0 radical (unpaired) electrons. The minimum absolute atomic E-state index is 0.00175. The molecule has 3 aromatic carbocycles. The molecule has 1 N–H and O–H groups in total. The van der Waals surface area contributed by atoms with Gasteiger partial charge in [0.25, 0.3) is 11.8 Å². The summed E-state index contributed by atoms with van der Waals surface area (Å²) in [6, 6.07) is 17.1. The Kier molecular flexibility index (Phi) is 6.55. The zero-order chi connectivity index (χ0) is 23.4. The maximum absolute atomic E-state index is 12.6. The van der Waals surface area contributed by atoms with Gasteiger partial charge in [-0.3, -0.25) is 19.7 Å². The molecule has 0 aliphatic carbocycles. The smallest absolute Gasteiger partial charge is 0.313 e. The minimum atomic E-state index is -0.576. The molecule has 1 heterocycles. The van der Waals surface area contributed by atoms with E-state index in [9.17, 15) is 19.7 Å².